The molecular formula is C19H20N8O2. The molecule has 3 heterocycles. The van der Waals surface area contributed by atoms with E-state index in [1.807, 2.05) is 12.1 Å². The van der Waals surface area contributed by atoms with Gasteiger partial charge in [-0.1, -0.05) is 0 Å². The van der Waals surface area contributed by atoms with Crippen molar-refractivity contribution in [1.82, 2.24) is 25.1 Å². The number of carbonyl (C=O) groups excluding carboxylic acids is 1. The Kier molecular flexibility index (Phi) is 5.25. The van der Waals surface area contributed by atoms with Gasteiger partial charge in [-0.3, -0.25) is 5.10 Å². The van der Waals surface area contributed by atoms with Gasteiger partial charge in [0.2, 0.25) is 0 Å². The van der Waals surface area contributed by atoms with Crippen LogP contribution < -0.4 is 5.32 Å². The number of hydrogen-bond donors (Lipinski definition) is 2. The molecule has 148 valence electrons. The van der Waals surface area contributed by atoms with Crippen molar-refractivity contribution in [1.29, 1.82) is 10.5 Å². The Balaban J connectivity index is 1.30. The zero-order chi connectivity index (χ0) is 20.2. The molecule has 0 bridgehead atoms. The molecule has 0 aromatic carbocycles. The molecule has 2 aromatic rings. The Hall–Kier alpha value is -3.66. The highest BCUT2D eigenvalue weighted by Gasteiger charge is 2.33. The van der Waals surface area contributed by atoms with Crippen molar-refractivity contribution in [3.05, 3.63) is 29.8 Å². The molecule has 29 heavy (non-hydrogen) atoms. The molecule has 1 unspecified atom stereocenters. The van der Waals surface area contributed by atoms with Crippen molar-refractivity contribution in [3.8, 4) is 12.1 Å². The summed E-state index contributed by atoms with van der Waals surface area (Å²) in [6.07, 6.45) is 5.58. The molecule has 1 saturated heterocycles. The van der Waals surface area contributed by atoms with Crippen molar-refractivity contribution < 1.29 is 9.53 Å². The SMILES string of the molecule is N#Cc1cnc(Nc2cc([C@H]3CC[C@@H](OC(=O)N4CCC(C#N)C4)C3)[nH]n2)cn1. The quantitative estimate of drug-likeness (QED) is 0.807. The Morgan fingerprint density at radius 1 is 1.24 bits per heavy atom. The van der Waals surface area contributed by atoms with E-state index in [1.54, 1.807) is 4.90 Å². The van der Waals surface area contributed by atoms with Gasteiger partial charge in [0.1, 0.15) is 18.0 Å². The highest BCUT2D eigenvalue weighted by Crippen LogP contribution is 2.36. The van der Waals surface area contributed by atoms with Gasteiger partial charge in [-0.25, -0.2) is 14.8 Å². The van der Waals surface area contributed by atoms with Gasteiger partial charge in [0, 0.05) is 30.8 Å². The van der Waals surface area contributed by atoms with Crippen LogP contribution in [0.3, 0.4) is 0 Å². The van der Waals surface area contributed by atoms with E-state index in [-0.39, 0.29) is 29.7 Å². The first-order valence-corrected chi connectivity index (χ1v) is 9.54. The lowest BCUT2D eigenvalue weighted by Crippen LogP contribution is -2.32. The number of ether oxygens (including phenoxy) is 1. The van der Waals surface area contributed by atoms with E-state index in [2.05, 4.69) is 31.6 Å². The fourth-order valence-corrected chi connectivity index (χ4v) is 3.77. The minimum atomic E-state index is -0.320. The maximum atomic E-state index is 12.3. The van der Waals surface area contributed by atoms with Crippen molar-refractivity contribution >= 4 is 17.7 Å². The number of rotatable bonds is 4. The Bertz CT molecular complexity index is 958. The summed E-state index contributed by atoms with van der Waals surface area (Å²) in [7, 11) is 0. The highest BCUT2D eigenvalue weighted by atomic mass is 16.6. The van der Waals surface area contributed by atoms with E-state index >= 15 is 0 Å². The number of H-pyrrole nitrogens is 1. The van der Waals surface area contributed by atoms with Gasteiger partial charge < -0.3 is 15.0 Å². The second-order valence-electron chi connectivity index (χ2n) is 7.31. The average Bonchev–Trinajstić information content (AvgIpc) is 3.49. The summed E-state index contributed by atoms with van der Waals surface area (Å²) in [6.45, 7) is 1.04. The number of anilines is 2. The predicted octanol–water partition coefficient (Wildman–Crippen LogP) is 2.43. The van der Waals surface area contributed by atoms with Crippen LogP contribution in [-0.4, -0.2) is 50.4 Å². The fourth-order valence-electron chi connectivity index (χ4n) is 3.77. The molecule has 1 amide bonds. The van der Waals surface area contributed by atoms with Crippen LogP contribution in [0.2, 0.25) is 0 Å². The summed E-state index contributed by atoms with van der Waals surface area (Å²) in [6, 6.07) is 6.04. The summed E-state index contributed by atoms with van der Waals surface area (Å²) in [4.78, 5) is 22.0. The van der Waals surface area contributed by atoms with Crippen molar-refractivity contribution in [2.75, 3.05) is 18.4 Å². The third-order valence-electron chi connectivity index (χ3n) is 5.34. The molecule has 2 fully saturated rings. The first kappa shape index (κ1) is 18.7. The van der Waals surface area contributed by atoms with Crippen molar-refractivity contribution in [3.63, 3.8) is 0 Å². The van der Waals surface area contributed by atoms with Crippen LogP contribution in [0.1, 0.15) is 43.0 Å². The Labute approximate surface area is 167 Å². The number of amides is 1. The van der Waals surface area contributed by atoms with Crippen LogP contribution in [0, 0.1) is 28.6 Å². The number of hydrogen-bond acceptors (Lipinski definition) is 8. The lowest BCUT2D eigenvalue weighted by atomic mass is 10.0. The maximum Gasteiger partial charge on any atom is 0.410 e. The number of likely N-dealkylation sites (tertiary alicyclic amines) is 1. The molecular weight excluding hydrogens is 372 g/mol. The molecule has 10 nitrogen and oxygen atoms in total. The number of aromatic amines is 1. The summed E-state index contributed by atoms with van der Waals surface area (Å²) < 4.78 is 5.65. The van der Waals surface area contributed by atoms with Crippen LogP contribution in [0.4, 0.5) is 16.4 Å². The first-order chi connectivity index (χ1) is 14.1. The highest BCUT2D eigenvalue weighted by molar-refractivity contribution is 5.68. The van der Waals surface area contributed by atoms with E-state index in [1.165, 1.54) is 12.4 Å². The van der Waals surface area contributed by atoms with E-state index in [9.17, 15) is 4.79 Å². The third-order valence-corrected chi connectivity index (χ3v) is 5.34. The second kappa shape index (κ2) is 8.15. The molecule has 0 radical (unpaired) electrons. The first-order valence-electron chi connectivity index (χ1n) is 9.54. The van der Waals surface area contributed by atoms with Crippen LogP contribution in [0.5, 0.6) is 0 Å². The van der Waals surface area contributed by atoms with Gasteiger partial charge in [-0.15, -0.1) is 0 Å². The molecule has 4 rings (SSSR count). The zero-order valence-electron chi connectivity index (χ0n) is 15.7. The van der Waals surface area contributed by atoms with Crippen LogP contribution >= 0.6 is 0 Å². The number of nitrogens with zero attached hydrogens (tertiary/aromatic N) is 6. The Morgan fingerprint density at radius 3 is 2.86 bits per heavy atom. The van der Waals surface area contributed by atoms with Crippen LogP contribution in [0.15, 0.2) is 18.5 Å². The Morgan fingerprint density at radius 2 is 2.14 bits per heavy atom. The van der Waals surface area contributed by atoms with Crippen molar-refractivity contribution in [2.45, 2.75) is 37.7 Å². The van der Waals surface area contributed by atoms with Gasteiger partial charge in [0.25, 0.3) is 0 Å². The molecule has 0 spiro atoms. The number of carbonyl (C=O) groups is 1. The molecule has 1 aliphatic heterocycles. The average molecular weight is 392 g/mol. The smallest absolute Gasteiger partial charge is 0.410 e. The van der Waals surface area contributed by atoms with E-state index in [0.717, 1.165) is 25.0 Å². The standard InChI is InChI=1S/C19H20N8O2/c20-7-12-3-4-27(11-12)19(28)29-15-2-1-13(5-15)16-6-17(26-25-16)24-18-10-22-14(8-21)9-23-18/h6,9-10,12-13,15H,1-5,11H2,(H2,23,24,25,26)/t12?,13-,15+/m0/s1. The minimum absolute atomic E-state index is 0.0874. The van der Waals surface area contributed by atoms with Gasteiger partial charge in [-0.05, 0) is 25.7 Å². The largest absolute Gasteiger partial charge is 0.446 e. The number of nitrogens with one attached hydrogen (secondary N) is 2. The lowest BCUT2D eigenvalue weighted by Gasteiger charge is -2.19. The summed E-state index contributed by atoms with van der Waals surface area (Å²) in [5, 5.41) is 28.1. The topological polar surface area (TPSA) is 144 Å². The summed E-state index contributed by atoms with van der Waals surface area (Å²) in [5.74, 6) is 1.25. The van der Waals surface area contributed by atoms with Gasteiger partial charge in [0.05, 0.1) is 24.4 Å². The van der Waals surface area contributed by atoms with Crippen molar-refractivity contribution in [2.24, 2.45) is 5.92 Å². The van der Waals surface area contributed by atoms with Crippen LogP contribution in [-0.2, 0) is 4.74 Å². The molecule has 2 aliphatic rings. The van der Waals surface area contributed by atoms with E-state index < -0.39 is 0 Å². The zero-order valence-corrected chi connectivity index (χ0v) is 15.7. The molecule has 10 heteroatoms. The normalized spacial score (nSPS) is 23.4. The van der Waals surface area contributed by atoms with E-state index in [0.29, 0.717) is 31.1 Å². The molecule has 1 aliphatic carbocycles. The molecule has 3 atom stereocenters. The lowest BCUT2D eigenvalue weighted by molar-refractivity contribution is 0.0704. The summed E-state index contributed by atoms with van der Waals surface area (Å²) >= 11 is 0. The third kappa shape index (κ3) is 4.27. The molecule has 2 aromatic heterocycles. The van der Waals surface area contributed by atoms with Crippen LogP contribution in [0.25, 0.3) is 0 Å². The van der Waals surface area contributed by atoms with Gasteiger partial charge in [-0.2, -0.15) is 15.6 Å². The van der Waals surface area contributed by atoms with Gasteiger partial charge >= 0.3 is 6.09 Å². The monoisotopic (exact) mass is 392 g/mol. The van der Waals surface area contributed by atoms with E-state index in [4.69, 9.17) is 15.3 Å². The summed E-state index contributed by atoms with van der Waals surface area (Å²) in [5.41, 5.74) is 1.22. The number of aromatic nitrogens is 4. The van der Waals surface area contributed by atoms with Gasteiger partial charge in [0.15, 0.2) is 11.5 Å². The predicted molar refractivity (Wildman–Crippen MR) is 101 cm³/mol. The molecule has 1 saturated carbocycles. The molecule has 2 N–H and O–H groups in total. The fraction of sp³-hybridized carbons (Fsp3) is 0.474. The number of nitriles is 2. The maximum absolute atomic E-state index is 12.3. The minimum Gasteiger partial charge on any atom is -0.446 e. The second-order valence-corrected chi connectivity index (χ2v) is 7.31.